The van der Waals surface area contributed by atoms with Crippen LogP contribution in [0.15, 0.2) is 24.3 Å². The second-order valence-corrected chi connectivity index (χ2v) is 6.66. The molecule has 3 amide bonds. The molecule has 0 radical (unpaired) electrons. The van der Waals surface area contributed by atoms with Crippen LogP contribution in [0.25, 0.3) is 0 Å². The van der Waals surface area contributed by atoms with Gasteiger partial charge in [-0.3, -0.25) is 14.9 Å². The number of carbonyl (C=O) groups is 4. The van der Waals surface area contributed by atoms with Gasteiger partial charge in [0.15, 0.2) is 6.10 Å². The van der Waals surface area contributed by atoms with Crippen molar-refractivity contribution in [2.24, 2.45) is 5.92 Å². The molecule has 1 aromatic rings. The second kappa shape index (κ2) is 10.5. The van der Waals surface area contributed by atoms with Crippen molar-refractivity contribution < 1.29 is 28.7 Å². The number of ether oxygens (including phenoxy) is 2. The SMILES string of the molecule is COC(=O)NC(=O)[C@H](C)OC(=O)[C@@H](CC(C)C)NC(=O)c1ccc(Cl)cc1. The van der Waals surface area contributed by atoms with Crippen molar-refractivity contribution in [3.63, 3.8) is 0 Å². The summed E-state index contributed by atoms with van der Waals surface area (Å²) < 4.78 is 9.39. The third kappa shape index (κ3) is 7.65. The summed E-state index contributed by atoms with van der Waals surface area (Å²) >= 11 is 5.80. The van der Waals surface area contributed by atoms with Crippen molar-refractivity contribution in [2.75, 3.05) is 7.11 Å². The maximum Gasteiger partial charge on any atom is 0.413 e. The van der Waals surface area contributed by atoms with Gasteiger partial charge in [0.2, 0.25) is 0 Å². The first-order chi connectivity index (χ1) is 12.6. The van der Waals surface area contributed by atoms with Crippen LogP contribution in [-0.2, 0) is 19.1 Å². The Labute approximate surface area is 162 Å². The van der Waals surface area contributed by atoms with Gasteiger partial charge in [0.25, 0.3) is 11.8 Å². The topological polar surface area (TPSA) is 111 Å². The molecule has 0 bridgehead atoms. The summed E-state index contributed by atoms with van der Waals surface area (Å²) in [5, 5.41) is 4.99. The third-order valence-corrected chi connectivity index (χ3v) is 3.73. The Bertz CT molecular complexity index is 690. The first-order valence-corrected chi connectivity index (χ1v) is 8.67. The van der Waals surface area contributed by atoms with E-state index in [4.69, 9.17) is 16.3 Å². The average molecular weight is 399 g/mol. The lowest BCUT2D eigenvalue weighted by atomic mass is 10.0. The fourth-order valence-electron chi connectivity index (χ4n) is 2.09. The maximum atomic E-state index is 12.4. The minimum atomic E-state index is -1.24. The number of nitrogens with one attached hydrogen (secondary N) is 2. The van der Waals surface area contributed by atoms with Crippen molar-refractivity contribution in [1.29, 1.82) is 0 Å². The number of imide groups is 1. The zero-order valence-corrected chi connectivity index (χ0v) is 16.3. The quantitative estimate of drug-likeness (QED) is 0.682. The number of hydrogen-bond donors (Lipinski definition) is 2. The first-order valence-electron chi connectivity index (χ1n) is 8.29. The highest BCUT2D eigenvalue weighted by molar-refractivity contribution is 6.30. The standard InChI is InChI=1S/C18H23ClN2O6/c1-10(2)9-14(20-16(23)12-5-7-13(19)8-6-12)17(24)27-11(3)15(22)21-18(25)26-4/h5-8,10-11,14H,9H2,1-4H3,(H,20,23)(H,21,22,25)/t11-,14+/m0/s1. The Balaban J connectivity index is 2.78. The van der Waals surface area contributed by atoms with Crippen LogP contribution in [0.2, 0.25) is 5.02 Å². The highest BCUT2D eigenvalue weighted by atomic mass is 35.5. The number of rotatable bonds is 7. The lowest BCUT2D eigenvalue weighted by Crippen LogP contribution is -2.46. The Hall–Kier alpha value is -2.61. The lowest BCUT2D eigenvalue weighted by molar-refractivity contribution is -0.156. The highest BCUT2D eigenvalue weighted by Crippen LogP contribution is 2.12. The van der Waals surface area contributed by atoms with Gasteiger partial charge in [-0.15, -0.1) is 0 Å². The van der Waals surface area contributed by atoms with Crippen molar-refractivity contribution in [1.82, 2.24) is 10.6 Å². The number of methoxy groups -OCH3 is 1. The van der Waals surface area contributed by atoms with Crippen LogP contribution in [-0.4, -0.2) is 43.1 Å². The number of hydrogen-bond acceptors (Lipinski definition) is 6. The zero-order valence-electron chi connectivity index (χ0n) is 15.6. The normalized spacial score (nSPS) is 12.7. The van der Waals surface area contributed by atoms with E-state index in [1.165, 1.54) is 19.1 Å². The number of alkyl carbamates (subject to hydrolysis) is 1. The molecule has 9 heteroatoms. The van der Waals surface area contributed by atoms with Crippen LogP contribution in [0.3, 0.4) is 0 Å². The highest BCUT2D eigenvalue weighted by Gasteiger charge is 2.28. The van der Waals surface area contributed by atoms with E-state index in [0.717, 1.165) is 7.11 Å². The number of carbonyl (C=O) groups excluding carboxylic acids is 4. The number of amides is 3. The Morgan fingerprint density at radius 3 is 2.19 bits per heavy atom. The van der Waals surface area contributed by atoms with Crippen LogP contribution in [0.1, 0.15) is 37.6 Å². The van der Waals surface area contributed by atoms with Gasteiger partial charge in [-0.05, 0) is 43.5 Å². The van der Waals surface area contributed by atoms with E-state index < -0.39 is 36.0 Å². The Kier molecular flexibility index (Phi) is 8.74. The van der Waals surface area contributed by atoms with Gasteiger partial charge in [-0.2, -0.15) is 0 Å². The average Bonchev–Trinajstić information content (AvgIpc) is 2.60. The molecule has 2 atom stereocenters. The van der Waals surface area contributed by atoms with E-state index in [-0.39, 0.29) is 5.92 Å². The van der Waals surface area contributed by atoms with Crippen LogP contribution in [0, 0.1) is 5.92 Å². The molecule has 0 aliphatic rings. The molecule has 0 spiro atoms. The van der Waals surface area contributed by atoms with Gasteiger partial charge >= 0.3 is 12.1 Å². The molecule has 0 heterocycles. The van der Waals surface area contributed by atoms with Gasteiger partial charge in [-0.25, -0.2) is 9.59 Å². The molecule has 0 saturated carbocycles. The van der Waals surface area contributed by atoms with Gasteiger partial charge in [0.1, 0.15) is 6.04 Å². The number of benzene rings is 1. The van der Waals surface area contributed by atoms with Crippen LogP contribution in [0.5, 0.6) is 0 Å². The van der Waals surface area contributed by atoms with E-state index in [1.54, 1.807) is 12.1 Å². The smallest absolute Gasteiger partial charge is 0.413 e. The molecule has 0 unspecified atom stereocenters. The van der Waals surface area contributed by atoms with E-state index >= 15 is 0 Å². The predicted molar refractivity (Wildman–Crippen MR) is 98.3 cm³/mol. The van der Waals surface area contributed by atoms with Crippen LogP contribution < -0.4 is 10.6 Å². The van der Waals surface area contributed by atoms with E-state index in [0.29, 0.717) is 17.0 Å². The fourth-order valence-corrected chi connectivity index (χ4v) is 2.22. The molecule has 8 nitrogen and oxygen atoms in total. The van der Waals surface area contributed by atoms with Crippen molar-refractivity contribution in [2.45, 2.75) is 39.3 Å². The minimum Gasteiger partial charge on any atom is -0.453 e. The molecule has 0 fully saturated rings. The Morgan fingerprint density at radius 2 is 1.67 bits per heavy atom. The molecule has 27 heavy (non-hydrogen) atoms. The summed E-state index contributed by atoms with van der Waals surface area (Å²) in [6, 6.07) is 5.22. The monoisotopic (exact) mass is 398 g/mol. The first kappa shape index (κ1) is 22.4. The predicted octanol–water partition coefficient (Wildman–Crippen LogP) is 2.30. The molecule has 1 rings (SSSR count). The molecule has 2 N–H and O–H groups in total. The largest absolute Gasteiger partial charge is 0.453 e. The minimum absolute atomic E-state index is 0.0762. The summed E-state index contributed by atoms with van der Waals surface area (Å²) in [6.45, 7) is 5.06. The summed E-state index contributed by atoms with van der Waals surface area (Å²) in [7, 11) is 1.10. The van der Waals surface area contributed by atoms with E-state index in [1.807, 2.05) is 19.2 Å². The van der Waals surface area contributed by atoms with Gasteiger partial charge < -0.3 is 14.8 Å². The summed E-state index contributed by atoms with van der Waals surface area (Å²) in [5.74, 6) is -2.01. The molecule has 0 aromatic heterocycles. The van der Waals surface area contributed by atoms with Gasteiger partial charge in [-0.1, -0.05) is 25.4 Å². The number of esters is 1. The molecule has 0 aliphatic carbocycles. The molecule has 0 aliphatic heterocycles. The Morgan fingerprint density at radius 1 is 1.07 bits per heavy atom. The summed E-state index contributed by atoms with van der Waals surface area (Å²) in [6.07, 6.45) is -1.89. The second-order valence-electron chi connectivity index (χ2n) is 6.22. The molecule has 0 saturated heterocycles. The lowest BCUT2D eigenvalue weighted by Gasteiger charge is -2.21. The molecular weight excluding hydrogens is 376 g/mol. The van der Waals surface area contributed by atoms with Crippen molar-refractivity contribution in [3.8, 4) is 0 Å². The third-order valence-electron chi connectivity index (χ3n) is 3.48. The molecular formula is C18H23ClN2O6. The van der Waals surface area contributed by atoms with E-state index in [2.05, 4.69) is 10.1 Å². The van der Waals surface area contributed by atoms with Crippen molar-refractivity contribution in [3.05, 3.63) is 34.9 Å². The van der Waals surface area contributed by atoms with Crippen molar-refractivity contribution >= 4 is 35.5 Å². The molecule has 1 aromatic carbocycles. The van der Waals surface area contributed by atoms with Gasteiger partial charge in [0.05, 0.1) is 7.11 Å². The molecule has 148 valence electrons. The fraction of sp³-hybridized carbons (Fsp3) is 0.444. The van der Waals surface area contributed by atoms with E-state index in [9.17, 15) is 19.2 Å². The van der Waals surface area contributed by atoms with Gasteiger partial charge in [0, 0.05) is 10.6 Å². The maximum absolute atomic E-state index is 12.4. The summed E-state index contributed by atoms with van der Waals surface area (Å²) in [4.78, 5) is 47.6. The zero-order chi connectivity index (χ0) is 20.6. The number of halogens is 1. The summed E-state index contributed by atoms with van der Waals surface area (Å²) in [5.41, 5.74) is 0.331. The van der Waals surface area contributed by atoms with Crippen LogP contribution >= 0.6 is 11.6 Å². The van der Waals surface area contributed by atoms with Crippen LogP contribution in [0.4, 0.5) is 4.79 Å².